The molecule has 2 aromatic rings. The second-order valence-corrected chi connectivity index (χ2v) is 5.42. The highest BCUT2D eigenvalue weighted by Gasteiger charge is 2.19. The average molecular weight is 350 g/mol. The van der Waals surface area contributed by atoms with E-state index >= 15 is 0 Å². The van der Waals surface area contributed by atoms with E-state index in [-0.39, 0.29) is 18.8 Å². The van der Waals surface area contributed by atoms with Crippen molar-refractivity contribution in [2.75, 3.05) is 6.61 Å². The Balaban J connectivity index is 1.95. The van der Waals surface area contributed by atoms with Crippen molar-refractivity contribution < 1.29 is 19.1 Å². The van der Waals surface area contributed by atoms with Gasteiger partial charge in [-0.05, 0) is 29.8 Å². The standard InChI is InChI=1S/C16H16ClN3O4/c17-11-5-3-10(4-6-11)13(20-16(18)23)8-15(22)24-9-14(21)12-2-1-7-19-12/h1-7,13,19H,8-9H2,(H3,18,20,23)/t13-/m0/s1. The van der Waals surface area contributed by atoms with E-state index in [1.165, 1.54) is 0 Å². The van der Waals surface area contributed by atoms with E-state index in [1.54, 1.807) is 42.6 Å². The molecule has 1 atom stereocenters. The zero-order valence-corrected chi connectivity index (χ0v) is 13.4. The van der Waals surface area contributed by atoms with Crippen molar-refractivity contribution in [3.63, 3.8) is 0 Å². The highest BCUT2D eigenvalue weighted by Crippen LogP contribution is 2.20. The summed E-state index contributed by atoms with van der Waals surface area (Å²) in [5.41, 5.74) is 6.13. The van der Waals surface area contributed by atoms with Gasteiger partial charge in [0.15, 0.2) is 6.61 Å². The predicted octanol–water partition coefficient (Wildman–Crippen LogP) is 2.19. The van der Waals surface area contributed by atoms with Gasteiger partial charge in [-0.2, -0.15) is 0 Å². The number of hydrogen-bond acceptors (Lipinski definition) is 4. The number of primary amides is 1. The summed E-state index contributed by atoms with van der Waals surface area (Å²) in [5.74, 6) is -0.983. The van der Waals surface area contributed by atoms with Crippen LogP contribution in [0.4, 0.5) is 4.79 Å². The molecule has 0 aliphatic carbocycles. The summed E-state index contributed by atoms with van der Waals surface area (Å²) >= 11 is 5.82. The molecule has 1 aromatic heterocycles. The molecule has 0 saturated carbocycles. The van der Waals surface area contributed by atoms with Gasteiger partial charge < -0.3 is 20.8 Å². The van der Waals surface area contributed by atoms with Gasteiger partial charge in [-0.3, -0.25) is 9.59 Å². The predicted molar refractivity (Wildman–Crippen MR) is 87.6 cm³/mol. The van der Waals surface area contributed by atoms with Crippen LogP contribution in [0.1, 0.15) is 28.5 Å². The normalized spacial score (nSPS) is 11.5. The highest BCUT2D eigenvalue weighted by molar-refractivity contribution is 6.30. The minimum atomic E-state index is -0.773. The molecule has 7 nitrogen and oxygen atoms in total. The number of H-pyrrole nitrogens is 1. The summed E-state index contributed by atoms with van der Waals surface area (Å²) in [4.78, 5) is 37.6. The van der Waals surface area contributed by atoms with Crippen molar-refractivity contribution in [3.8, 4) is 0 Å². The Morgan fingerprint density at radius 3 is 2.50 bits per heavy atom. The lowest BCUT2D eigenvalue weighted by molar-refractivity contribution is -0.143. The fourth-order valence-electron chi connectivity index (χ4n) is 2.07. The van der Waals surface area contributed by atoms with Gasteiger partial charge >= 0.3 is 12.0 Å². The van der Waals surface area contributed by atoms with Crippen LogP contribution in [0.3, 0.4) is 0 Å². The third kappa shape index (κ3) is 5.13. The minimum absolute atomic E-state index is 0.164. The van der Waals surface area contributed by atoms with E-state index in [0.29, 0.717) is 16.3 Å². The van der Waals surface area contributed by atoms with E-state index in [0.717, 1.165) is 0 Å². The molecule has 2 rings (SSSR count). The Morgan fingerprint density at radius 2 is 1.92 bits per heavy atom. The zero-order valence-electron chi connectivity index (χ0n) is 12.6. The number of amides is 2. The van der Waals surface area contributed by atoms with Gasteiger partial charge in [-0.15, -0.1) is 0 Å². The molecule has 2 amide bonds. The molecule has 0 radical (unpaired) electrons. The molecule has 126 valence electrons. The lowest BCUT2D eigenvalue weighted by atomic mass is 10.0. The molecule has 0 spiro atoms. The van der Waals surface area contributed by atoms with Crippen molar-refractivity contribution in [2.45, 2.75) is 12.5 Å². The van der Waals surface area contributed by atoms with Crippen molar-refractivity contribution in [1.82, 2.24) is 10.3 Å². The summed E-state index contributed by atoms with van der Waals surface area (Å²) in [6.45, 7) is -0.386. The van der Waals surface area contributed by atoms with Crippen LogP contribution in [0, 0.1) is 0 Å². The summed E-state index contributed by atoms with van der Waals surface area (Å²) in [6.07, 6.45) is 1.44. The molecular weight excluding hydrogens is 334 g/mol. The van der Waals surface area contributed by atoms with Crippen LogP contribution in [-0.4, -0.2) is 29.4 Å². The lowest BCUT2D eigenvalue weighted by Gasteiger charge is -2.17. The zero-order chi connectivity index (χ0) is 17.5. The number of nitrogens with one attached hydrogen (secondary N) is 2. The lowest BCUT2D eigenvalue weighted by Crippen LogP contribution is -2.34. The van der Waals surface area contributed by atoms with Gasteiger partial charge in [0.05, 0.1) is 18.2 Å². The molecule has 1 aromatic carbocycles. The molecule has 0 bridgehead atoms. The van der Waals surface area contributed by atoms with Crippen molar-refractivity contribution in [1.29, 1.82) is 0 Å². The second kappa shape index (κ2) is 8.16. The molecule has 1 heterocycles. The third-order valence-electron chi connectivity index (χ3n) is 3.22. The van der Waals surface area contributed by atoms with Crippen LogP contribution in [-0.2, 0) is 9.53 Å². The van der Waals surface area contributed by atoms with E-state index in [2.05, 4.69) is 10.3 Å². The largest absolute Gasteiger partial charge is 0.457 e. The number of hydrogen-bond donors (Lipinski definition) is 3. The first-order valence-corrected chi connectivity index (χ1v) is 7.47. The number of aromatic amines is 1. The summed E-state index contributed by atoms with van der Waals surface area (Å²) in [6, 6.07) is 8.40. The molecule has 0 aliphatic rings. The quantitative estimate of drug-likeness (QED) is 0.525. The number of rotatable bonds is 7. The number of ether oxygens (including phenoxy) is 1. The fraction of sp³-hybridized carbons (Fsp3) is 0.188. The number of aromatic nitrogens is 1. The van der Waals surface area contributed by atoms with Crippen molar-refractivity contribution >= 4 is 29.4 Å². The van der Waals surface area contributed by atoms with Crippen LogP contribution in [0.5, 0.6) is 0 Å². The van der Waals surface area contributed by atoms with Crippen LogP contribution in [0.2, 0.25) is 5.02 Å². The maximum Gasteiger partial charge on any atom is 0.312 e. The van der Waals surface area contributed by atoms with E-state index < -0.39 is 18.0 Å². The average Bonchev–Trinajstić information content (AvgIpc) is 3.07. The van der Waals surface area contributed by atoms with Crippen LogP contribution in [0.25, 0.3) is 0 Å². The maximum atomic E-state index is 11.9. The first kappa shape index (κ1) is 17.6. The number of Topliss-reactive ketones (excluding diaryl/α,β-unsaturated/α-hetero) is 1. The number of carbonyl (C=O) groups excluding carboxylic acids is 3. The number of urea groups is 1. The number of benzene rings is 1. The smallest absolute Gasteiger partial charge is 0.312 e. The Kier molecular flexibility index (Phi) is 5.97. The van der Waals surface area contributed by atoms with Crippen LogP contribution >= 0.6 is 11.6 Å². The fourth-order valence-corrected chi connectivity index (χ4v) is 2.20. The van der Waals surface area contributed by atoms with E-state index in [4.69, 9.17) is 22.1 Å². The summed E-state index contributed by atoms with van der Waals surface area (Å²) < 4.78 is 4.96. The number of esters is 1. The molecular formula is C16H16ClN3O4. The SMILES string of the molecule is NC(=O)N[C@@H](CC(=O)OCC(=O)c1ccc[nH]1)c1ccc(Cl)cc1. The van der Waals surface area contributed by atoms with E-state index in [1.807, 2.05) is 0 Å². The second-order valence-electron chi connectivity index (χ2n) is 4.98. The first-order valence-electron chi connectivity index (χ1n) is 7.09. The summed E-state index contributed by atoms with van der Waals surface area (Å²) in [7, 11) is 0. The van der Waals surface area contributed by atoms with Crippen molar-refractivity contribution in [3.05, 3.63) is 58.9 Å². The summed E-state index contributed by atoms with van der Waals surface area (Å²) in [5, 5.41) is 2.99. The van der Waals surface area contributed by atoms with Gasteiger partial charge in [0, 0.05) is 11.2 Å². The van der Waals surface area contributed by atoms with Gasteiger partial charge in [-0.1, -0.05) is 23.7 Å². The van der Waals surface area contributed by atoms with Crippen LogP contribution < -0.4 is 11.1 Å². The Labute approximate surface area is 143 Å². The number of nitrogens with two attached hydrogens (primary N) is 1. The Bertz CT molecular complexity index is 713. The van der Waals surface area contributed by atoms with Gasteiger partial charge in [-0.25, -0.2) is 4.79 Å². The van der Waals surface area contributed by atoms with Gasteiger partial charge in [0.25, 0.3) is 0 Å². The maximum absolute atomic E-state index is 11.9. The van der Waals surface area contributed by atoms with Crippen molar-refractivity contribution in [2.24, 2.45) is 5.73 Å². The molecule has 0 fully saturated rings. The molecule has 24 heavy (non-hydrogen) atoms. The topological polar surface area (TPSA) is 114 Å². The third-order valence-corrected chi connectivity index (χ3v) is 3.47. The first-order chi connectivity index (χ1) is 11.5. The molecule has 0 unspecified atom stereocenters. The number of ketones is 1. The van der Waals surface area contributed by atoms with Gasteiger partial charge in [0.1, 0.15) is 0 Å². The van der Waals surface area contributed by atoms with Gasteiger partial charge in [0.2, 0.25) is 5.78 Å². The molecule has 0 saturated heterocycles. The molecule has 8 heteroatoms. The highest BCUT2D eigenvalue weighted by atomic mass is 35.5. The Hall–Kier alpha value is -2.80. The molecule has 0 aliphatic heterocycles. The Morgan fingerprint density at radius 1 is 1.21 bits per heavy atom. The van der Waals surface area contributed by atoms with Crippen LogP contribution in [0.15, 0.2) is 42.6 Å². The number of carbonyl (C=O) groups is 3. The molecule has 4 N–H and O–H groups in total. The number of halogens is 1. The minimum Gasteiger partial charge on any atom is -0.457 e. The monoisotopic (exact) mass is 349 g/mol. The van der Waals surface area contributed by atoms with E-state index in [9.17, 15) is 14.4 Å².